The second-order valence-corrected chi connectivity index (χ2v) is 9.34. The highest BCUT2D eigenvalue weighted by atomic mass is 35.5. The third kappa shape index (κ3) is 5.64. The number of allylic oxidation sites excluding steroid dienone is 2. The van der Waals surface area contributed by atoms with E-state index in [1.807, 2.05) is 45.1 Å². The lowest BCUT2D eigenvalue weighted by atomic mass is 9.85. The fourth-order valence-electron chi connectivity index (χ4n) is 4.55. The molecule has 0 saturated carbocycles. The van der Waals surface area contributed by atoms with Gasteiger partial charge < -0.3 is 10.2 Å². The van der Waals surface area contributed by atoms with E-state index in [4.69, 9.17) is 11.6 Å². The Morgan fingerprint density at radius 2 is 1.73 bits per heavy atom. The molecule has 33 heavy (non-hydrogen) atoms. The highest BCUT2D eigenvalue weighted by Gasteiger charge is 2.47. The first-order valence-corrected chi connectivity index (χ1v) is 12.0. The van der Waals surface area contributed by atoms with Gasteiger partial charge in [-0.1, -0.05) is 48.9 Å². The molecular weight excluding hydrogens is 442 g/mol. The van der Waals surface area contributed by atoms with Gasteiger partial charge >= 0.3 is 0 Å². The summed E-state index contributed by atoms with van der Waals surface area (Å²) in [4.78, 5) is 54.5. The van der Waals surface area contributed by atoms with Crippen molar-refractivity contribution in [3.05, 3.63) is 47.0 Å². The van der Waals surface area contributed by atoms with Crippen LogP contribution in [0.1, 0.15) is 52.0 Å². The number of benzene rings is 1. The highest BCUT2D eigenvalue weighted by Crippen LogP contribution is 2.35. The second kappa shape index (κ2) is 11.0. The van der Waals surface area contributed by atoms with Gasteiger partial charge in [-0.2, -0.15) is 0 Å². The van der Waals surface area contributed by atoms with Gasteiger partial charge in [0.05, 0.1) is 11.8 Å². The second-order valence-electron chi connectivity index (χ2n) is 8.93. The number of likely N-dealkylation sites (tertiary alicyclic amines) is 1. The molecule has 3 rings (SSSR count). The van der Waals surface area contributed by atoms with Crippen molar-refractivity contribution in [3.63, 3.8) is 0 Å². The topological polar surface area (TPSA) is 86.8 Å². The van der Waals surface area contributed by atoms with Gasteiger partial charge in [0.25, 0.3) is 0 Å². The Balaban J connectivity index is 1.77. The van der Waals surface area contributed by atoms with Crippen LogP contribution in [-0.2, 0) is 25.7 Å². The Labute approximate surface area is 200 Å². The molecule has 1 saturated heterocycles. The maximum absolute atomic E-state index is 13.4. The van der Waals surface area contributed by atoms with Gasteiger partial charge in [0.2, 0.25) is 23.6 Å². The summed E-state index contributed by atoms with van der Waals surface area (Å²) in [5.41, 5.74) is 0.730. The van der Waals surface area contributed by atoms with Crippen molar-refractivity contribution >= 4 is 35.2 Å². The molecule has 1 heterocycles. The third-order valence-electron chi connectivity index (χ3n) is 6.26. The van der Waals surface area contributed by atoms with E-state index < -0.39 is 6.04 Å². The zero-order chi connectivity index (χ0) is 24.1. The molecule has 0 spiro atoms. The molecule has 0 bridgehead atoms. The Bertz CT molecular complexity index is 919. The molecule has 0 unspecified atom stereocenters. The van der Waals surface area contributed by atoms with Crippen LogP contribution in [0.2, 0.25) is 5.02 Å². The van der Waals surface area contributed by atoms with Gasteiger partial charge in [0.1, 0.15) is 6.04 Å². The lowest BCUT2D eigenvalue weighted by molar-refractivity contribution is -0.144. The number of carbonyl (C=O) groups excluding carboxylic acids is 4. The summed E-state index contributed by atoms with van der Waals surface area (Å²) < 4.78 is 0. The van der Waals surface area contributed by atoms with Gasteiger partial charge in [-0.15, -0.1) is 0 Å². The minimum Gasteiger partial charge on any atom is -0.352 e. The quantitative estimate of drug-likeness (QED) is 0.440. The normalized spacial score (nSPS) is 20.7. The smallest absolute Gasteiger partial charge is 0.243 e. The highest BCUT2D eigenvalue weighted by molar-refractivity contribution is 6.31. The van der Waals surface area contributed by atoms with Gasteiger partial charge in [0, 0.05) is 30.6 Å². The fourth-order valence-corrected chi connectivity index (χ4v) is 4.75. The molecule has 1 fully saturated rings. The van der Waals surface area contributed by atoms with Crippen molar-refractivity contribution in [1.82, 2.24) is 15.1 Å². The number of imide groups is 1. The van der Waals surface area contributed by atoms with Crippen LogP contribution < -0.4 is 5.32 Å². The maximum atomic E-state index is 13.4. The summed E-state index contributed by atoms with van der Waals surface area (Å²) in [6, 6.07) is 6.44. The monoisotopic (exact) mass is 473 g/mol. The summed E-state index contributed by atoms with van der Waals surface area (Å²) in [5, 5.41) is 3.39. The number of nitrogens with one attached hydrogen (secondary N) is 1. The number of halogens is 1. The van der Waals surface area contributed by atoms with Crippen LogP contribution in [0.25, 0.3) is 0 Å². The standard InChI is InChI=1S/C25H32ClN3O4/c1-4-21(23(31)27-16(2)3)29(15-17-9-5-8-12-20(17)26)22(30)13-14-28-24(32)18-10-6-7-11-19(18)25(28)33/h5-9,12,16,18-19,21H,4,10-11,13-15H2,1-3H3,(H,27,31)/t18-,19+,21-/m1/s1. The predicted molar refractivity (Wildman–Crippen MR) is 126 cm³/mol. The SMILES string of the molecule is CC[C@H](C(=O)NC(C)C)N(Cc1ccccc1Cl)C(=O)CCN1C(=O)[C@H]2CC=CC[C@H]2C1=O. The number of fused-ring (bicyclic) bond motifs is 1. The molecule has 0 radical (unpaired) electrons. The van der Waals surface area contributed by atoms with Gasteiger partial charge in [-0.25, -0.2) is 0 Å². The van der Waals surface area contributed by atoms with Crippen molar-refractivity contribution in [2.24, 2.45) is 11.8 Å². The first kappa shape index (κ1) is 25.0. The molecule has 7 nitrogen and oxygen atoms in total. The number of amides is 4. The van der Waals surface area contributed by atoms with E-state index in [9.17, 15) is 19.2 Å². The minimum atomic E-state index is -0.687. The molecule has 178 valence electrons. The molecule has 1 aromatic carbocycles. The number of carbonyl (C=O) groups is 4. The van der Waals surface area contributed by atoms with E-state index in [1.165, 1.54) is 9.80 Å². The van der Waals surface area contributed by atoms with Crippen molar-refractivity contribution in [2.45, 2.75) is 65.1 Å². The summed E-state index contributed by atoms with van der Waals surface area (Å²) in [7, 11) is 0. The van der Waals surface area contributed by atoms with E-state index in [-0.39, 0.29) is 61.0 Å². The van der Waals surface area contributed by atoms with E-state index in [1.54, 1.807) is 12.1 Å². The number of nitrogens with zero attached hydrogens (tertiary/aromatic N) is 2. The summed E-state index contributed by atoms with van der Waals surface area (Å²) in [6.07, 6.45) is 5.38. The lowest BCUT2D eigenvalue weighted by Gasteiger charge is -2.32. The van der Waals surface area contributed by atoms with Crippen molar-refractivity contribution in [2.75, 3.05) is 6.54 Å². The zero-order valence-corrected chi connectivity index (χ0v) is 20.2. The van der Waals surface area contributed by atoms with Crippen LogP contribution in [-0.4, -0.2) is 52.1 Å². The average Bonchev–Trinajstić information content (AvgIpc) is 3.02. The molecule has 0 aromatic heterocycles. The summed E-state index contributed by atoms with van der Waals surface area (Å²) in [5.74, 6) is -1.59. The fraction of sp³-hybridized carbons (Fsp3) is 0.520. The van der Waals surface area contributed by atoms with Crippen LogP contribution in [0.5, 0.6) is 0 Å². The Morgan fingerprint density at radius 3 is 2.27 bits per heavy atom. The lowest BCUT2D eigenvalue weighted by Crippen LogP contribution is -2.51. The first-order valence-electron chi connectivity index (χ1n) is 11.6. The van der Waals surface area contributed by atoms with E-state index in [2.05, 4.69) is 5.32 Å². The third-order valence-corrected chi connectivity index (χ3v) is 6.63. The Kier molecular flexibility index (Phi) is 8.30. The largest absolute Gasteiger partial charge is 0.352 e. The maximum Gasteiger partial charge on any atom is 0.243 e. The molecule has 3 atom stereocenters. The van der Waals surface area contributed by atoms with Gasteiger partial charge in [-0.3, -0.25) is 24.1 Å². The molecule has 8 heteroatoms. The minimum absolute atomic E-state index is 0.0186. The van der Waals surface area contributed by atoms with E-state index in [0.29, 0.717) is 24.3 Å². The number of hydrogen-bond acceptors (Lipinski definition) is 4. The van der Waals surface area contributed by atoms with Crippen LogP contribution in [0.4, 0.5) is 0 Å². The van der Waals surface area contributed by atoms with Crippen LogP contribution in [0, 0.1) is 11.8 Å². The van der Waals surface area contributed by atoms with Crippen LogP contribution >= 0.6 is 11.6 Å². The van der Waals surface area contributed by atoms with Crippen LogP contribution in [0.15, 0.2) is 36.4 Å². The zero-order valence-electron chi connectivity index (χ0n) is 19.4. The van der Waals surface area contributed by atoms with Gasteiger partial charge in [-0.05, 0) is 44.7 Å². The average molecular weight is 474 g/mol. The Hall–Kier alpha value is -2.67. The number of rotatable bonds is 9. The van der Waals surface area contributed by atoms with E-state index >= 15 is 0 Å². The van der Waals surface area contributed by atoms with Crippen molar-refractivity contribution in [3.8, 4) is 0 Å². The Morgan fingerprint density at radius 1 is 1.12 bits per heavy atom. The summed E-state index contributed by atoms with van der Waals surface area (Å²) in [6.45, 7) is 5.76. The van der Waals surface area contributed by atoms with Gasteiger partial charge in [0.15, 0.2) is 0 Å². The molecule has 1 N–H and O–H groups in total. The van der Waals surface area contributed by atoms with Crippen molar-refractivity contribution in [1.29, 1.82) is 0 Å². The number of hydrogen-bond donors (Lipinski definition) is 1. The summed E-state index contributed by atoms with van der Waals surface area (Å²) >= 11 is 6.33. The van der Waals surface area contributed by atoms with Crippen molar-refractivity contribution < 1.29 is 19.2 Å². The molecule has 4 amide bonds. The molecule has 1 aliphatic carbocycles. The first-order chi connectivity index (χ1) is 15.7. The van der Waals surface area contributed by atoms with Crippen LogP contribution in [0.3, 0.4) is 0 Å². The molecular formula is C25H32ClN3O4. The molecule has 1 aromatic rings. The van der Waals surface area contributed by atoms with E-state index in [0.717, 1.165) is 5.56 Å². The molecule has 2 aliphatic rings. The predicted octanol–water partition coefficient (Wildman–Crippen LogP) is 3.31. The molecule has 1 aliphatic heterocycles.